The summed E-state index contributed by atoms with van der Waals surface area (Å²) in [4.78, 5) is 0. The minimum Gasteiger partial charge on any atom is -0.286 e. The molecule has 0 saturated carbocycles. The van der Waals surface area contributed by atoms with Gasteiger partial charge in [0.2, 0.25) is 0 Å². The molecule has 0 radical (unpaired) electrons. The number of benzene rings is 4. The van der Waals surface area contributed by atoms with Crippen molar-refractivity contribution in [2.24, 2.45) is 0 Å². The van der Waals surface area contributed by atoms with Crippen LogP contribution in [0.1, 0.15) is 6.92 Å². The second kappa shape index (κ2) is 11.6. The molecule has 0 nitrogen and oxygen atoms in total. The maximum Gasteiger partial charge on any atom is 0 e. The molecule has 0 bridgehead atoms. The van der Waals surface area contributed by atoms with E-state index in [4.69, 9.17) is 0 Å². The summed E-state index contributed by atoms with van der Waals surface area (Å²) in [5.74, 6) is 0. The molecule has 0 amide bonds. The zero-order valence-corrected chi connectivity index (χ0v) is 19.7. The maximum atomic E-state index is 2.62. The second-order valence-electron chi connectivity index (χ2n) is 6.97. The fraction of sp³-hybridized carbons (Fsp3) is 0.0741. The predicted octanol–water partition coefficient (Wildman–Crippen LogP) is 5.80. The summed E-state index contributed by atoms with van der Waals surface area (Å²) in [7, 11) is -0.977. The molecule has 0 aliphatic rings. The fourth-order valence-electron chi connectivity index (χ4n) is 3.58. The Labute approximate surface area is 193 Å². The standard InChI is InChI=1S/C27H25P2.Ni/c1-23(29(26-18-10-4-11-19-26)27-20-12-5-13-21-27)22-28(24-14-6-2-7-15-24)25-16-8-3-9-17-25;/h2-23H,1H3;/q-1;. The van der Waals surface area contributed by atoms with E-state index in [1.54, 1.807) is 0 Å². The van der Waals surface area contributed by atoms with Crippen LogP contribution in [0.5, 0.6) is 0 Å². The molecule has 0 aliphatic heterocycles. The average molecular weight is 470 g/mol. The van der Waals surface area contributed by atoms with Crippen LogP contribution in [0, 0.1) is 6.16 Å². The average Bonchev–Trinajstić information content (AvgIpc) is 2.80. The zero-order chi connectivity index (χ0) is 19.9. The zero-order valence-electron chi connectivity index (χ0n) is 16.9. The minimum atomic E-state index is -0.512. The summed E-state index contributed by atoms with van der Waals surface area (Å²) in [6.45, 7) is 2.40. The molecular formula is C27H25NiP2-. The van der Waals surface area contributed by atoms with E-state index >= 15 is 0 Å². The van der Waals surface area contributed by atoms with Gasteiger partial charge in [0.05, 0.1) is 0 Å². The van der Waals surface area contributed by atoms with Gasteiger partial charge in [-0.15, -0.1) is 5.66 Å². The van der Waals surface area contributed by atoms with Crippen molar-refractivity contribution in [2.45, 2.75) is 12.6 Å². The van der Waals surface area contributed by atoms with Gasteiger partial charge in [0.15, 0.2) is 0 Å². The molecule has 4 rings (SSSR count). The van der Waals surface area contributed by atoms with E-state index in [9.17, 15) is 0 Å². The van der Waals surface area contributed by atoms with Gasteiger partial charge in [-0.2, -0.15) is 0 Å². The van der Waals surface area contributed by atoms with E-state index in [1.807, 2.05) is 0 Å². The van der Waals surface area contributed by atoms with Crippen LogP contribution >= 0.6 is 15.8 Å². The van der Waals surface area contributed by atoms with Gasteiger partial charge in [0, 0.05) is 16.5 Å². The summed E-state index contributed by atoms with van der Waals surface area (Å²) in [6.07, 6.45) is 2.62. The van der Waals surface area contributed by atoms with Gasteiger partial charge in [-0.1, -0.05) is 147 Å². The summed E-state index contributed by atoms with van der Waals surface area (Å²) >= 11 is 0. The summed E-state index contributed by atoms with van der Waals surface area (Å²) in [5, 5.41) is 5.70. The van der Waals surface area contributed by atoms with Crippen LogP contribution in [0.3, 0.4) is 0 Å². The largest absolute Gasteiger partial charge is 0.286 e. The van der Waals surface area contributed by atoms with E-state index in [-0.39, 0.29) is 16.5 Å². The molecule has 4 aromatic rings. The van der Waals surface area contributed by atoms with Crippen molar-refractivity contribution in [2.75, 3.05) is 0 Å². The Morgan fingerprint density at radius 3 is 1.13 bits per heavy atom. The SMILES string of the molecule is CC([CH-]P(c1ccccc1)c1ccccc1)P(c1ccccc1)c1ccccc1.[Ni]. The Morgan fingerprint density at radius 2 is 0.800 bits per heavy atom. The van der Waals surface area contributed by atoms with Crippen LogP contribution in [-0.2, 0) is 16.5 Å². The van der Waals surface area contributed by atoms with Gasteiger partial charge in [0.1, 0.15) is 0 Å². The van der Waals surface area contributed by atoms with E-state index in [2.05, 4.69) is 134 Å². The Morgan fingerprint density at radius 1 is 0.500 bits per heavy atom. The topological polar surface area (TPSA) is 0 Å². The second-order valence-corrected chi connectivity index (χ2v) is 11.6. The van der Waals surface area contributed by atoms with Crippen molar-refractivity contribution in [1.82, 2.24) is 0 Å². The molecule has 1 unspecified atom stereocenters. The van der Waals surface area contributed by atoms with Crippen molar-refractivity contribution in [3.8, 4) is 0 Å². The van der Waals surface area contributed by atoms with Crippen molar-refractivity contribution >= 4 is 37.1 Å². The number of hydrogen-bond donors (Lipinski definition) is 0. The monoisotopic (exact) mass is 469 g/mol. The molecule has 154 valence electrons. The molecule has 4 aromatic carbocycles. The van der Waals surface area contributed by atoms with Gasteiger partial charge >= 0.3 is 0 Å². The summed E-state index contributed by atoms with van der Waals surface area (Å²) in [6, 6.07) is 43.9. The normalized spacial score (nSPS) is 11.8. The molecule has 0 N–H and O–H groups in total. The Hall–Kier alpha value is -1.77. The third-order valence-corrected chi connectivity index (χ3v) is 10.3. The quantitative estimate of drug-likeness (QED) is 0.182. The van der Waals surface area contributed by atoms with Crippen LogP contribution in [0.15, 0.2) is 121 Å². The van der Waals surface area contributed by atoms with E-state index < -0.39 is 15.8 Å². The smallest absolute Gasteiger partial charge is 0 e. The fourth-order valence-corrected chi connectivity index (χ4v) is 8.80. The first kappa shape index (κ1) is 22.9. The van der Waals surface area contributed by atoms with Crippen LogP contribution in [0.25, 0.3) is 0 Å². The summed E-state index contributed by atoms with van der Waals surface area (Å²) in [5.41, 5.74) is 0.460. The van der Waals surface area contributed by atoms with Crippen LogP contribution < -0.4 is 21.2 Å². The van der Waals surface area contributed by atoms with Crippen LogP contribution in [-0.4, -0.2) is 5.66 Å². The van der Waals surface area contributed by atoms with Crippen molar-refractivity contribution in [3.05, 3.63) is 127 Å². The van der Waals surface area contributed by atoms with Crippen molar-refractivity contribution < 1.29 is 16.5 Å². The van der Waals surface area contributed by atoms with Gasteiger partial charge < -0.3 is 0 Å². The summed E-state index contributed by atoms with van der Waals surface area (Å²) < 4.78 is 0. The van der Waals surface area contributed by atoms with Gasteiger partial charge in [-0.25, -0.2) is 7.92 Å². The third-order valence-electron chi connectivity index (χ3n) is 4.91. The molecule has 0 fully saturated rings. The number of rotatable bonds is 7. The predicted molar refractivity (Wildman–Crippen MR) is 132 cm³/mol. The van der Waals surface area contributed by atoms with E-state index in [1.165, 1.54) is 21.2 Å². The molecule has 0 aliphatic carbocycles. The molecule has 0 saturated heterocycles. The minimum absolute atomic E-state index is 0. The van der Waals surface area contributed by atoms with Gasteiger partial charge in [0.25, 0.3) is 0 Å². The van der Waals surface area contributed by atoms with Crippen LogP contribution in [0.4, 0.5) is 0 Å². The molecule has 0 aromatic heterocycles. The first-order valence-electron chi connectivity index (χ1n) is 9.96. The Balaban J connectivity index is 0.00000256. The van der Waals surface area contributed by atoms with Gasteiger partial charge in [-0.05, 0) is 10.6 Å². The van der Waals surface area contributed by atoms with Gasteiger partial charge in [-0.3, -0.25) is 6.16 Å². The van der Waals surface area contributed by atoms with Crippen molar-refractivity contribution in [3.63, 3.8) is 0 Å². The third kappa shape index (κ3) is 5.68. The van der Waals surface area contributed by atoms with Crippen molar-refractivity contribution in [1.29, 1.82) is 0 Å². The first-order chi connectivity index (χ1) is 14.3. The maximum absolute atomic E-state index is 2.62. The first-order valence-corrected chi connectivity index (χ1v) is 12.8. The molecule has 30 heavy (non-hydrogen) atoms. The number of hydrogen-bond acceptors (Lipinski definition) is 0. The molecule has 0 heterocycles. The van der Waals surface area contributed by atoms with Crippen LogP contribution in [0.2, 0.25) is 0 Å². The van der Waals surface area contributed by atoms with E-state index in [0.717, 1.165) is 0 Å². The molecule has 1 atom stereocenters. The Bertz CT molecular complexity index is 913. The molecular weight excluding hydrogens is 445 g/mol. The van der Waals surface area contributed by atoms with E-state index in [0.29, 0.717) is 5.66 Å². The molecule has 3 heteroatoms. The Kier molecular flexibility index (Phi) is 8.84. The molecule has 0 spiro atoms.